The molecule has 0 N–H and O–H groups in total. The number of carbonyl (C=O) groups excluding carboxylic acids is 2. The molecule has 1 fully saturated rings. The third kappa shape index (κ3) is 4.12. The lowest BCUT2D eigenvalue weighted by Gasteiger charge is -2.34. The van der Waals surface area contributed by atoms with E-state index in [2.05, 4.69) is 6.92 Å². The van der Waals surface area contributed by atoms with Crippen LogP contribution in [0.2, 0.25) is 5.02 Å². The fraction of sp³-hybridized carbons (Fsp3) is 0.250. The minimum Gasteiger partial charge on any atom is -0.451 e. The normalized spacial score (nSPS) is 14.1. The van der Waals surface area contributed by atoms with Crippen molar-refractivity contribution < 1.29 is 14.0 Å². The molecule has 0 saturated carbocycles. The van der Waals surface area contributed by atoms with E-state index in [1.807, 2.05) is 42.5 Å². The summed E-state index contributed by atoms with van der Waals surface area (Å²) in [6.45, 7) is 4.03. The summed E-state index contributed by atoms with van der Waals surface area (Å²) in [5.41, 5.74) is 2.64. The molecule has 1 saturated heterocycles. The molecule has 0 bridgehead atoms. The largest absolute Gasteiger partial charge is 0.451 e. The molecule has 0 aliphatic carbocycles. The lowest BCUT2D eigenvalue weighted by atomic mass is 10.1. The van der Waals surface area contributed by atoms with E-state index in [1.54, 1.807) is 28.0 Å². The Morgan fingerprint density at radius 1 is 0.867 bits per heavy atom. The van der Waals surface area contributed by atoms with Crippen LogP contribution >= 0.6 is 11.6 Å². The van der Waals surface area contributed by atoms with Crippen molar-refractivity contribution in [1.29, 1.82) is 0 Å². The third-order valence-electron chi connectivity index (χ3n) is 5.42. The molecule has 3 aromatic rings. The maximum Gasteiger partial charge on any atom is 0.289 e. The van der Waals surface area contributed by atoms with Gasteiger partial charge in [0.2, 0.25) is 0 Å². The molecule has 2 aromatic carbocycles. The highest BCUT2D eigenvalue weighted by atomic mass is 35.5. The summed E-state index contributed by atoms with van der Waals surface area (Å²) >= 11 is 6.22. The summed E-state index contributed by atoms with van der Waals surface area (Å²) in [6, 6.07) is 18.5. The van der Waals surface area contributed by atoms with Gasteiger partial charge in [0.15, 0.2) is 5.76 Å². The zero-order valence-electron chi connectivity index (χ0n) is 16.8. The summed E-state index contributed by atoms with van der Waals surface area (Å²) in [6.07, 6.45) is 0.945. The van der Waals surface area contributed by atoms with Crippen molar-refractivity contribution in [2.45, 2.75) is 13.3 Å². The Labute approximate surface area is 180 Å². The van der Waals surface area contributed by atoms with E-state index < -0.39 is 0 Å². The maximum absolute atomic E-state index is 12.8. The second kappa shape index (κ2) is 8.76. The second-order valence-electron chi connectivity index (χ2n) is 7.28. The first kappa shape index (κ1) is 20.2. The maximum atomic E-state index is 12.8. The Bertz CT molecular complexity index is 1050. The van der Waals surface area contributed by atoms with Crippen molar-refractivity contribution in [3.63, 3.8) is 0 Å². The van der Waals surface area contributed by atoms with Gasteiger partial charge in [-0.25, -0.2) is 0 Å². The molecule has 2 amide bonds. The molecule has 0 spiro atoms. The van der Waals surface area contributed by atoms with Gasteiger partial charge in [0.25, 0.3) is 11.8 Å². The molecule has 0 radical (unpaired) electrons. The van der Waals surface area contributed by atoms with Crippen molar-refractivity contribution in [2.24, 2.45) is 0 Å². The second-order valence-corrected chi connectivity index (χ2v) is 7.69. The number of aryl methyl sites for hydroxylation is 1. The molecule has 30 heavy (non-hydrogen) atoms. The summed E-state index contributed by atoms with van der Waals surface area (Å²) in [7, 11) is 0. The van der Waals surface area contributed by atoms with Gasteiger partial charge in [0.05, 0.1) is 5.02 Å². The predicted molar refractivity (Wildman–Crippen MR) is 117 cm³/mol. The van der Waals surface area contributed by atoms with Gasteiger partial charge in [-0.15, -0.1) is 0 Å². The van der Waals surface area contributed by atoms with E-state index in [4.69, 9.17) is 16.0 Å². The van der Waals surface area contributed by atoms with Gasteiger partial charge < -0.3 is 14.2 Å². The van der Waals surface area contributed by atoms with Crippen molar-refractivity contribution >= 4 is 23.4 Å². The van der Waals surface area contributed by atoms with Crippen LogP contribution in [-0.4, -0.2) is 47.8 Å². The number of amides is 2. The van der Waals surface area contributed by atoms with Crippen molar-refractivity contribution in [3.8, 4) is 11.3 Å². The van der Waals surface area contributed by atoms with Crippen LogP contribution in [-0.2, 0) is 6.42 Å². The summed E-state index contributed by atoms with van der Waals surface area (Å²) in [5, 5.41) is 0.574. The van der Waals surface area contributed by atoms with Gasteiger partial charge in [0, 0.05) is 37.3 Å². The van der Waals surface area contributed by atoms with Crippen LogP contribution < -0.4 is 0 Å². The zero-order valence-corrected chi connectivity index (χ0v) is 17.6. The molecular formula is C24H23ClN2O3. The monoisotopic (exact) mass is 422 g/mol. The molecule has 1 aliphatic heterocycles. The quantitative estimate of drug-likeness (QED) is 0.609. The van der Waals surface area contributed by atoms with Crippen LogP contribution in [0.15, 0.2) is 65.1 Å². The molecule has 2 heterocycles. The number of furan rings is 1. The zero-order chi connectivity index (χ0) is 21.1. The van der Waals surface area contributed by atoms with Gasteiger partial charge in [-0.3, -0.25) is 9.59 Å². The minimum absolute atomic E-state index is 0.00348. The van der Waals surface area contributed by atoms with E-state index in [0.29, 0.717) is 42.5 Å². The average molecular weight is 423 g/mol. The van der Waals surface area contributed by atoms with E-state index in [-0.39, 0.29) is 17.6 Å². The molecule has 0 unspecified atom stereocenters. The Kier molecular flexibility index (Phi) is 5.91. The molecule has 154 valence electrons. The third-order valence-corrected chi connectivity index (χ3v) is 5.75. The standard InChI is InChI=1S/C24H23ClN2O3/c1-2-17-7-9-18(10-8-17)23(28)26-13-15-27(16-14-26)24(29)22-12-11-21(30-22)19-5-3-4-6-20(19)25/h3-12H,2,13-16H2,1H3. The number of hydrogen-bond acceptors (Lipinski definition) is 3. The SMILES string of the molecule is CCc1ccc(C(=O)N2CCN(C(=O)c3ccc(-c4ccccc4Cl)o3)CC2)cc1. The number of rotatable bonds is 4. The Morgan fingerprint density at radius 2 is 1.50 bits per heavy atom. The Balaban J connectivity index is 1.39. The van der Waals surface area contributed by atoms with Gasteiger partial charge in [-0.05, 0) is 48.4 Å². The highest BCUT2D eigenvalue weighted by Gasteiger charge is 2.27. The van der Waals surface area contributed by atoms with Gasteiger partial charge in [-0.1, -0.05) is 42.8 Å². The fourth-order valence-corrected chi connectivity index (χ4v) is 3.82. The van der Waals surface area contributed by atoms with Crippen LogP contribution in [0.1, 0.15) is 33.4 Å². The van der Waals surface area contributed by atoms with Crippen LogP contribution in [0.4, 0.5) is 0 Å². The molecular weight excluding hydrogens is 400 g/mol. The van der Waals surface area contributed by atoms with Crippen LogP contribution in [0.25, 0.3) is 11.3 Å². The molecule has 6 heteroatoms. The van der Waals surface area contributed by atoms with Crippen molar-refractivity contribution in [1.82, 2.24) is 9.80 Å². The molecule has 0 atom stereocenters. The summed E-state index contributed by atoms with van der Waals surface area (Å²) < 4.78 is 5.77. The van der Waals surface area contributed by atoms with E-state index in [0.717, 1.165) is 12.0 Å². The predicted octanol–water partition coefficient (Wildman–Crippen LogP) is 4.76. The van der Waals surface area contributed by atoms with Gasteiger partial charge in [0.1, 0.15) is 5.76 Å². The molecule has 4 rings (SSSR count). The van der Waals surface area contributed by atoms with E-state index >= 15 is 0 Å². The minimum atomic E-state index is -0.173. The Hall–Kier alpha value is -3.05. The highest BCUT2D eigenvalue weighted by molar-refractivity contribution is 6.33. The summed E-state index contributed by atoms with van der Waals surface area (Å²) in [4.78, 5) is 29.1. The first-order chi connectivity index (χ1) is 14.6. The first-order valence-electron chi connectivity index (χ1n) is 10.1. The molecule has 1 aromatic heterocycles. The smallest absolute Gasteiger partial charge is 0.289 e. The van der Waals surface area contributed by atoms with Crippen LogP contribution in [0, 0.1) is 0 Å². The number of piperazine rings is 1. The van der Waals surface area contributed by atoms with Crippen molar-refractivity contribution in [2.75, 3.05) is 26.2 Å². The number of benzene rings is 2. The van der Waals surface area contributed by atoms with Crippen LogP contribution in [0.3, 0.4) is 0 Å². The summed E-state index contributed by atoms with van der Waals surface area (Å²) in [5.74, 6) is 0.671. The first-order valence-corrected chi connectivity index (χ1v) is 10.5. The number of halogens is 1. The molecule has 5 nitrogen and oxygen atoms in total. The topological polar surface area (TPSA) is 53.8 Å². The lowest BCUT2D eigenvalue weighted by molar-refractivity contribution is 0.0518. The van der Waals surface area contributed by atoms with Gasteiger partial charge >= 0.3 is 0 Å². The van der Waals surface area contributed by atoms with Crippen LogP contribution in [0.5, 0.6) is 0 Å². The fourth-order valence-electron chi connectivity index (χ4n) is 3.59. The number of carbonyl (C=O) groups is 2. The molecule has 1 aliphatic rings. The lowest BCUT2D eigenvalue weighted by Crippen LogP contribution is -2.50. The average Bonchev–Trinajstić information content (AvgIpc) is 3.28. The number of nitrogens with zero attached hydrogens (tertiary/aromatic N) is 2. The van der Waals surface area contributed by atoms with Gasteiger partial charge in [-0.2, -0.15) is 0 Å². The van der Waals surface area contributed by atoms with E-state index in [9.17, 15) is 9.59 Å². The highest BCUT2D eigenvalue weighted by Crippen LogP contribution is 2.29. The Morgan fingerprint density at radius 3 is 2.13 bits per heavy atom. The van der Waals surface area contributed by atoms with Crippen molar-refractivity contribution in [3.05, 3.63) is 82.6 Å². The number of hydrogen-bond donors (Lipinski definition) is 0. The van der Waals surface area contributed by atoms with E-state index in [1.165, 1.54) is 5.56 Å².